The van der Waals surface area contributed by atoms with E-state index in [1.165, 1.54) is 10.7 Å². The van der Waals surface area contributed by atoms with Crippen molar-refractivity contribution in [1.82, 2.24) is 9.78 Å². The van der Waals surface area contributed by atoms with Gasteiger partial charge >= 0.3 is 5.97 Å². The summed E-state index contributed by atoms with van der Waals surface area (Å²) in [5, 5.41) is 22.6. The third kappa shape index (κ3) is 2.04. The van der Waals surface area contributed by atoms with Crippen LogP contribution in [0.5, 0.6) is 5.75 Å². The van der Waals surface area contributed by atoms with E-state index in [2.05, 4.69) is 5.10 Å². The zero-order valence-electron chi connectivity index (χ0n) is 9.81. The van der Waals surface area contributed by atoms with Crippen LogP contribution in [0.1, 0.15) is 16.1 Å². The molecular weight excluding hydrogens is 256 g/mol. The van der Waals surface area contributed by atoms with Crippen molar-refractivity contribution in [3.63, 3.8) is 0 Å². The second kappa shape index (κ2) is 4.34. The quantitative estimate of drug-likeness (QED) is 0.875. The van der Waals surface area contributed by atoms with Gasteiger partial charge in [0.2, 0.25) is 0 Å². The van der Waals surface area contributed by atoms with E-state index in [0.29, 0.717) is 11.3 Å². The highest BCUT2D eigenvalue weighted by molar-refractivity contribution is 6.34. The first-order chi connectivity index (χ1) is 8.40. The fourth-order valence-electron chi connectivity index (χ4n) is 1.76. The van der Waals surface area contributed by atoms with Crippen LogP contribution >= 0.6 is 11.6 Å². The molecule has 6 heteroatoms. The minimum absolute atomic E-state index is 0.0373. The molecule has 0 atom stereocenters. The Kier molecular flexibility index (Phi) is 3.00. The van der Waals surface area contributed by atoms with Crippen LogP contribution < -0.4 is 0 Å². The number of aryl methyl sites for hydroxylation is 2. The van der Waals surface area contributed by atoms with Gasteiger partial charge in [-0.05, 0) is 30.7 Å². The van der Waals surface area contributed by atoms with Gasteiger partial charge in [-0.2, -0.15) is 5.10 Å². The number of carboxylic acids is 1. The third-order valence-electron chi connectivity index (χ3n) is 2.57. The van der Waals surface area contributed by atoms with Crippen LogP contribution in [-0.4, -0.2) is 26.0 Å². The molecule has 0 aliphatic carbocycles. The average molecular weight is 267 g/mol. The molecule has 0 spiro atoms. The molecule has 2 N–H and O–H groups in total. The van der Waals surface area contributed by atoms with Crippen LogP contribution in [0.25, 0.3) is 11.3 Å². The Labute approximate surface area is 108 Å². The molecule has 0 unspecified atom stereocenters. The molecular formula is C12H11ClN2O3. The van der Waals surface area contributed by atoms with Crippen LogP contribution in [0.4, 0.5) is 0 Å². The van der Waals surface area contributed by atoms with E-state index in [1.54, 1.807) is 19.2 Å². The number of carbonyl (C=O) groups is 1. The van der Waals surface area contributed by atoms with Crippen molar-refractivity contribution in [2.45, 2.75) is 6.92 Å². The van der Waals surface area contributed by atoms with E-state index in [0.717, 1.165) is 5.56 Å². The van der Waals surface area contributed by atoms with E-state index in [9.17, 15) is 9.90 Å². The Bertz CT molecular complexity index is 634. The van der Waals surface area contributed by atoms with Gasteiger partial charge in [0.15, 0.2) is 5.69 Å². The van der Waals surface area contributed by atoms with Crippen molar-refractivity contribution in [2.75, 3.05) is 0 Å². The summed E-state index contributed by atoms with van der Waals surface area (Å²) in [4.78, 5) is 10.9. The summed E-state index contributed by atoms with van der Waals surface area (Å²) < 4.78 is 1.42. The summed E-state index contributed by atoms with van der Waals surface area (Å²) in [6, 6.07) is 4.73. The Morgan fingerprint density at radius 1 is 1.39 bits per heavy atom. The molecule has 1 aromatic heterocycles. The third-order valence-corrected chi connectivity index (χ3v) is 2.97. The minimum atomic E-state index is -1.11. The van der Waals surface area contributed by atoms with Gasteiger partial charge < -0.3 is 10.2 Å². The normalized spacial score (nSPS) is 10.6. The molecule has 94 valence electrons. The summed E-state index contributed by atoms with van der Waals surface area (Å²) >= 11 is 6.02. The predicted molar refractivity (Wildman–Crippen MR) is 67.0 cm³/mol. The lowest BCUT2D eigenvalue weighted by atomic mass is 10.1. The number of phenols is 1. The second-order valence-corrected chi connectivity index (χ2v) is 4.37. The Balaban J connectivity index is 2.65. The van der Waals surface area contributed by atoms with Gasteiger partial charge in [0.25, 0.3) is 0 Å². The first-order valence-electron chi connectivity index (χ1n) is 5.17. The van der Waals surface area contributed by atoms with Crippen molar-refractivity contribution in [3.05, 3.63) is 34.5 Å². The van der Waals surface area contributed by atoms with Crippen molar-refractivity contribution in [2.24, 2.45) is 7.05 Å². The van der Waals surface area contributed by atoms with E-state index in [4.69, 9.17) is 16.7 Å². The Morgan fingerprint density at radius 2 is 2.06 bits per heavy atom. The summed E-state index contributed by atoms with van der Waals surface area (Å²) in [6.07, 6.45) is 0. The van der Waals surface area contributed by atoms with Crippen LogP contribution in [0.2, 0.25) is 5.02 Å². The molecule has 0 amide bonds. The fourth-order valence-corrected chi connectivity index (χ4v) is 1.97. The molecule has 1 aromatic carbocycles. The maximum Gasteiger partial charge on any atom is 0.356 e. The lowest BCUT2D eigenvalue weighted by molar-refractivity contribution is 0.0689. The highest BCUT2D eigenvalue weighted by Gasteiger charge is 2.16. The number of aromatic hydroxyl groups is 1. The molecule has 18 heavy (non-hydrogen) atoms. The zero-order valence-corrected chi connectivity index (χ0v) is 10.6. The average Bonchev–Trinajstić information content (AvgIpc) is 2.66. The zero-order chi connectivity index (χ0) is 13.4. The summed E-state index contributed by atoms with van der Waals surface area (Å²) in [7, 11) is 1.62. The monoisotopic (exact) mass is 266 g/mol. The highest BCUT2D eigenvalue weighted by atomic mass is 35.5. The minimum Gasteiger partial charge on any atom is -0.506 e. The Hall–Kier alpha value is -2.01. The van der Waals surface area contributed by atoms with E-state index >= 15 is 0 Å². The molecule has 1 heterocycles. The lowest BCUT2D eigenvalue weighted by Crippen LogP contribution is -1.99. The van der Waals surface area contributed by atoms with Crippen molar-refractivity contribution in [1.29, 1.82) is 0 Å². The van der Waals surface area contributed by atoms with Crippen molar-refractivity contribution >= 4 is 17.6 Å². The van der Waals surface area contributed by atoms with Gasteiger partial charge in [-0.25, -0.2) is 4.79 Å². The van der Waals surface area contributed by atoms with Crippen molar-refractivity contribution < 1.29 is 15.0 Å². The van der Waals surface area contributed by atoms with Crippen LogP contribution in [0.15, 0.2) is 18.2 Å². The number of carboxylic acid groups (broad SMARTS) is 1. The van der Waals surface area contributed by atoms with Gasteiger partial charge in [-0.15, -0.1) is 0 Å². The number of hydrogen-bond donors (Lipinski definition) is 2. The number of aromatic carboxylic acids is 1. The molecule has 2 aromatic rings. The topological polar surface area (TPSA) is 75.3 Å². The summed E-state index contributed by atoms with van der Waals surface area (Å²) in [5.41, 5.74) is 1.85. The van der Waals surface area contributed by atoms with E-state index in [1.807, 2.05) is 6.92 Å². The standard InChI is InChI=1S/C12H11ClN2O3/c1-6-3-7(11(13)10(16)4-6)9-5-8(12(17)18)14-15(9)2/h3-5,16H,1-2H3,(H,17,18). The Morgan fingerprint density at radius 3 is 2.61 bits per heavy atom. The van der Waals surface area contributed by atoms with Gasteiger partial charge in [0, 0.05) is 12.6 Å². The first kappa shape index (κ1) is 12.4. The molecule has 0 aliphatic rings. The van der Waals surface area contributed by atoms with Gasteiger partial charge in [-0.1, -0.05) is 11.6 Å². The molecule has 0 radical (unpaired) electrons. The number of hydrogen-bond acceptors (Lipinski definition) is 3. The molecule has 0 fully saturated rings. The van der Waals surface area contributed by atoms with Gasteiger partial charge in [0.05, 0.1) is 10.7 Å². The molecule has 0 saturated carbocycles. The number of phenolic OH excluding ortho intramolecular Hbond substituents is 1. The highest BCUT2D eigenvalue weighted by Crippen LogP contribution is 2.35. The molecule has 0 bridgehead atoms. The number of halogens is 1. The summed E-state index contributed by atoms with van der Waals surface area (Å²) in [6.45, 7) is 1.81. The maximum absolute atomic E-state index is 10.9. The lowest BCUT2D eigenvalue weighted by Gasteiger charge is -2.07. The molecule has 5 nitrogen and oxygen atoms in total. The number of nitrogens with zero attached hydrogens (tertiary/aromatic N) is 2. The van der Waals surface area contributed by atoms with Crippen LogP contribution in [-0.2, 0) is 7.05 Å². The number of rotatable bonds is 2. The maximum atomic E-state index is 10.9. The van der Waals surface area contributed by atoms with Crippen LogP contribution in [0.3, 0.4) is 0 Å². The second-order valence-electron chi connectivity index (χ2n) is 3.99. The summed E-state index contributed by atoms with van der Waals surface area (Å²) in [5.74, 6) is -1.14. The molecule has 2 rings (SSSR count). The van der Waals surface area contributed by atoms with Crippen LogP contribution in [0, 0.1) is 6.92 Å². The fraction of sp³-hybridized carbons (Fsp3) is 0.167. The van der Waals surface area contributed by atoms with Gasteiger partial charge in [-0.3, -0.25) is 4.68 Å². The first-order valence-corrected chi connectivity index (χ1v) is 5.54. The van der Waals surface area contributed by atoms with Gasteiger partial charge in [0.1, 0.15) is 5.75 Å². The largest absolute Gasteiger partial charge is 0.506 e. The van der Waals surface area contributed by atoms with E-state index in [-0.39, 0.29) is 16.5 Å². The predicted octanol–water partition coefficient (Wildman–Crippen LogP) is 2.45. The van der Waals surface area contributed by atoms with Crippen molar-refractivity contribution in [3.8, 4) is 17.0 Å². The smallest absolute Gasteiger partial charge is 0.356 e. The number of aromatic nitrogens is 2. The molecule has 0 aliphatic heterocycles. The SMILES string of the molecule is Cc1cc(O)c(Cl)c(-c2cc(C(=O)O)nn2C)c1. The molecule has 0 saturated heterocycles. The van der Waals surface area contributed by atoms with E-state index < -0.39 is 5.97 Å². The number of benzene rings is 1.